The molecule has 1 atom stereocenters. The van der Waals surface area contributed by atoms with Crippen molar-refractivity contribution in [1.82, 2.24) is 10.6 Å². The van der Waals surface area contributed by atoms with Gasteiger partial charge in [-0.05, 0) is 12.0 Å². The number of ketones is 1. The molecule has 0 aliphatic carbocycles. The quantitative estimate of drug-likeness (QED) is 0.635. The molecule has 1 rings (SSSR count). The summed E-state index contributed by atoms with van der Waals surface area (Å²) < 4.78 is 0. The maximum atomic E-state index is 11.5. The maximum absolute atomic E-state index is 11.5. The minimum atomic E-state index is -0.225. The van der Waals surface area contributed by atoms with Gasteiger partial charge in [-0.3, -0.25) is 9.79 Å². The number of nitrogens with zero attached hydrogens (tertiary/aromatic N) is 1. The summed E-state index contributed by atoms with van der Waals surface area (Å²) in [5.41, 5.74) is 0. The van der Waals surface area contributed by atoms with Crippen LogP contribution in [0.3, 0.4) is 0 Å². The van der Waals surface area contributed by atoms with E-state index in [1.54, 1.807) is 0 Å². The summed E-state index contributed by atoms with van der Waals surface area (Å²) in [6, 6.07) is -0.225. The highest BCUT2D eigenvalue weighted by Gasteiger charge is 2.21. The maximum Gasteiger partial charge on any atom is 0.191 e. The van der Waals surface area contributed by atoms with Crippen LogP contribution in [0.15, 0.2) is 17.6 Å². The zero-order chi connectivity index (χ0) is 10.6. The molecule has 14 heavy (non-hydrogen) atoms. The predicted octanol–water partition coefficient (Wildman–Crippen LogP) is 0.315. The number of rotatable bonds is 4. The van der Waals surface area contributed by atoms with Crippen molar-refractivity contribution in [2.75, 3.05) is 13.1 Å². The molecule has 1 aliphatic rings. The van der Waals surface area contributed by atoms with Crippen molar-refractivity contribution >= 4 is 11.7 Å². The van der Waals surface area contributed by atoms with Crippen molar-refractivity contribution in [3.63, 3.8) is 0 Å². The summed E-state index contributed by atoms with van der Waals surface area (Å²) >= 11 is 0. The third kappa shape index (κ3) is 2.58. The Balaban J connectivity index is 2.59. The zero-order valence-electron chi connectivity index (χ0n) is 8.71. The Bertz CT molecular complexity index is 258. The van der Waals surface area contributed by atoms with Crippen LogP contribution < -0.4 is 10.6 Å². The molecule has 2 N–H and O–H groups in total. The number of nitrogens with one attached hydrogen (secondary N) is 2. The number of aliphatic imine (C=N–C) groups is 1. The summed E-state index contributed by atoms with van der Waals surface area (Å²) in [5, 5.41) is 6.16. The van der Waals surface area contributed by atoms with E-state index in [1.165, 1.54) is 6.08 Å². The smallest absolute Gasteiger partial charge is 0.191 e. The second-order valence-electron chi connectivity index (χ2n) is 3.63. The van der Waals surface area contributed by atoms with Crippen molar-refractivity contribution in [2.45, 2.75) is 19.9 Å². The molecule has 1 heterocycles. The Hall–Kier alpha value is -1.32. The summed E-state index contributed by atoms with van der Waals surface area (Å²) in [5.74, 6) is 0.959. The molecule has 0 aromatic carbocycles. The van der Waals surface area contributed by atoms with Gasteiger partial charge in [0.15, 0.2) is 11.7 Å². The van der Waals surface area contributed by atoms with Crippen molar-refractivity contribution in [3.8, 4) is 0 Å². The molecule has 0 spiro atoms. The summed E-state index contributed by atoms with van der Waals surface area (Å²) in [6.07, 6.45) is 1.35. The third-order valence-corrected chi connectivity index (χ3v) is 2.14. The molecule has 1 aliphatic heterocycles. The Morgan fingerprint density at radius 1 is 1.71 bits per heavy atom. The van der Waals surface area contributed by atoms with E-state index in [0.29, 0.717) is 0 Å². The van der Waals surface area contributed by atoms with E-state index in [1.807, 2.05) is 13.8 Å². The first-order valence-corrected chi connectivity index (χ1v) is 4.86. The predicted molar refractivity (Wildman–Crippen MR) is 57.3 cm³/mol. The van der Waals surface area contributed by atoms with Crippen molar-refractivity contribution in [3.05, 3.63) is 12.7 Å². The van der Waals surface area contributed by atoms with Gasteiger partial charge in [-0.1, -0.05) is 20.4 Å². The van der Waals surface area contributed by atoms with Gasteiger partial charge in [0, 0.05) is 6.54 Å². The van der Waals surface area contributed by atoms with Crippen molar-refractivity contribution in [2.24, 2.45) is 10.9 Å². The number of carbonyl (C=O) groups is 1. The molecule has 0 bridgehead atoms. The second-order valence-corrected chi connectivity index (χ2v) is 3.63. The lowest BCUT2D eigenvalue weighted by Gasteiger charge is -2.20. The van der Waals surface area contributed by atoms with E-state index in [0.717, 1.165) is 19.0 Å². The molecule has 0 fully saturated rings. The average molecular weight is 195 g/mol. The molecule has 0 saturated heterocycles. The first kappa shape index (κ1) is 10.8. The zero-order valence-corrected chi connectivity index (χ0v) is 8.71. The fraction of sp³-hybridized carbons (Fsp3) is 0.600. The van der Waals surface area contributed by atoms with Gasteiger partial charge in [-0.15, -0.1) is 0 Å². The molecule has 0 aromatic rings. The lowest BCUT2D eigenvalue weighted by molar-refractivity contribution is -0.117. The third-order valence-electron chi connectivity index (χ3n) is 2.14. The van der Waals surface area contributed by atoms with Gasteiger partial charge in [-0.2, -0.15) is 0 Å². The van der Waals surface area contributed by atoms with E-state index < -0.39 is 0 Å². The Kier molecular flexibility index (Phi) is 3.68. The van der Waals surface area contributed by atoms with Crippen LogP contribution in [0.1, 0.15) is 13.8 Å². The first-order valence-electron chi connectivity index (χ1n) is 4.86. The average Bonchev–Trinajstić information content (AvgIpc) is 2.65. The highest BCUT2D eigenvalue weighted by molar-refractivity contribution is 5.97. The van der Waals surface area contributed by atoms with E-state index in [9.17, 15) is 4.79 Å². The van der Waals surface area contributed by atoms with Crippen LogP contribution in [-0.4, -0.2) is 30.9 Å². The molecule has 0 unspecified atom stereocenters. The molecule has 0 amide bonds. The minimum Gasteiger partial charge on any atom is -0.355 e. The lowest BCUT2D eigenvalue weighted by Crippen LogP contribution is -2.47. The Labute approximate surface area is 84.5 Å². The standard InChI is InChI=1S/C10H17N3O/c1-4-8(14)9(7(2)3)13-10-11-5-6-12-10/h4,7,9H,1,5-6H2,2-3H3,(H2,11,12,13)/t9-/m1/s1. The SMILES string of the molecule is C=CC(=O)[C@H](NC1=NCCN1)C(C)C. The summed E-state index contributed by atoms with van der Waals surface area (Å²) in [7, 11) is 0. The van der Waals surface area contributed by atoms with Crippen LogP contribution in [0.5, 0.6) is 0 Å². The summed E-state index contributed by atoms with van der Waals surface area (Å²) in [6.45, 7) is 9.09. The number of carbonyl (C=O) groups excluding carboxylic acids is 1. The highest BCUT2D eigenvalue weighted by Crippen LogP contribution is 2.03. The van der Waals surface area contributed by atoms with Crippen molar-refractivity contribution < 1.29 is 4.79 Å². The van der Waals surface area contributed by atoms with Crippen LogP contribution in [0.4, 0.5) is 0 Å². The van der Waals surface area contributed by atoms with E-state index >= 15 is 0 Å². The first-order chi connectivity index (χ1) is 6.65. The molecule has 0 radical (unpaired) electrons. The minimum absolute atomic E-state index is 0.0106. The molecule has 0 saturated carbocycles. The normalized spacial score (nSPS) is 17.2. The van der Waals surface area contributed by atoms with Gasteiger partial charge >= 0.3 is 0 Å². The monoisotopic (exact) mass is 195 g/mol. The largest absolute Gasteiger partial charge is 0.355 e. The number of hydrogen-bond acceptors (Lipinski definition) is 4. The van der Waals surface area contributed by atoms with Gasteiger partial charge in [-0.25, -0.2) is 0 Å². The number of hydrogen-bond donors (Lipinski definition) is 2. The van der Waals surface area contributed by atoms with Gasteiger partial charge in [0.2, 0.25) is 0 Å². The highest BCUT2D eigenvalue weighted by atomic mass is 16.1. The van der Waals surface area contributed by atoms with Crippen molar-refractivity contribution in [1.29, 1.82) is 0 Å². The molecular weight excluding hydrogens is 178 g/mol. The van der Waals surface area contributed by atoms with Gasteiger partial charge in [0.1, 0.15) is 0 Å². The van der Waals surface area contributed by atoms with Gasteiger partial charge < -0.3 is 10.6 Å². The summed E-state index contributed by atoms with van der Waals surface area (Å²) in [4.78, 5) is 15.7. The number of guanidine groups is 1. The van der Waals surface area contributed by atoms with Crippen LogP contribution >= 0.6 is 0 Å². The van der Waals surface area contributed by atoms with E-state index in [4.69, 9.17) is 0 Å². The lowest BCUT2D eigenvalue weighted by atomic mass is 10.0. The molecule has 0 aromatic heterocycles. The fourth-order valence-corrected chi connectivity index (χ4v) is 1.34. The topological polar surface area (TPSA) is 53.5 Å². The fourth-order valence-electron chi connectivity index (χ4n) is 1.34. The van der Waals surface area contributed by atoms with Crippen LogP contribution in [-0.2, 0) is 4.79 Å². The molecule has 4 heteroatoms. The Morgan fingerprint density at radius 2 is 2.43 bits per heavy atom. The second kappa shape index (κ2) is 4.79. The van der Waals surface area contributed by atoms with Gasteiger partial charge in [0.25, 0.3) is 0 Å². The molecule has 4 nitrogen and oxygen atoms in total. The van der Waals surface area contributed by atoms with Crippen LogP contribution in [0, 0.1) is 5.92 Å². The Morgan fingerprint density at radius 3 is 2.86 bits per heavy atom. The van der Waals surface area contributed by atoms with Gasteiger partial charge in [0.05, 0.1) is 12.6 Å². The van der Waals surface area contributed by atoms with Crippen LogP contribution in [0.2, 0.25) is 0 Å². The molecular formula is C10H17N3O. The van der Waals surface area contributed by atoms with Crippen LogP contribution in [0.25, 0.3) is 0 Å². The van der Waals surface area contributed by atoms with E-state index in [2.05, 4.69) is 22.2 Å². The molecule has 78 valence electrons. The van der Waals surface area contributed by atoms with E-state index in [-0.39, 0.29) is 17.7 Å².